The number of hydrogen-bond acceptors (Lipinski definition) is 3. The number of nitrogens with zero attached hydrogens (tertiary/aromatic N) is 3. The Bertz CT molecular complexity index is 1250. The van der Waals surface area contributed by atoms with Crippen molar-refractivity contribution in [1.82, 2.24) is 14.6 Å². The van der Waals surface area contributed by atoms with E-state index in [0.29, 0.717) is 10.9 Å². The molecule has 1 N–H and O–H groups in total. The van der Waals surface area contributed by atoms with Gasteiger partial charge in [-0.3, -0.25) is 14.9 Å². The molecule has 5 nitrogen and oxygen atoms in total. The average molecular weight is 414 g/mol. The second-order valence-electron chi connectivity index (χ2n) is 6.66. The zero-order chi connectivity index (χ0) is 21.5. The number of hydrogen-bond donors (Lipinski definition) is 1. The fourth-order valence-corrected chi connectivity index (χ4v) is 3.06. The Kier molecular flexibility index (Phi) is 4.73. The molecule has 0 radical (unpaired) electrons. The molecule has 1 amide bonds. The van der Waals surface area contributed by atoms with Gasteiger partial charge in [0, 0.05) is 29.5 Å². The third-order valence-electron chi connectivity index (χ3n) is 4.55. The van der Waals surface area contributed by atoms with E-state index in [4.69, 9.17) is 0 Å². The quantitative estimate of drug-likeness (QED) is 0.483. The highest BCUT2D eigenvalue weighted by Crippen LogP contribution is 2.31. The third-order valence-corrected chi connectivity index (χ3v) is 4.55. The van der Waals surface area contributed by atoms with E-state index in [1.807, 2.05) is 0 Å². The van der Waals surface area contributed by atoms with Crippen LogP contribution in [0.25, 0.3) is 22.3 Å². The molecule has 4 rings (SSSR count). The number of nitrogens with one attached hydrogen (secondary N) is 1. The lowest BCUT2D eigenvalue weighted by Gasteiger charge is -2.09. The van der Waals surface area contributed by atoms with Crippen molar-refractivity contribution in [2.24, 2.45) is 0 Å². The van der Waals surface area contributed by atoms with E-state index in [9.17, 15) is 22.4 Å². The van der Waals surface area contributed by atoms with Gasteiger partial charge in [-0.2, -0.15) is 13.2 Å². The zero-order valence-electron chi connectivity index (χ0n) is 15.5. The van der Waals surface area contributed by atoms with Gasteiger partial charge in [-0.25, -0.2) is 14.4 Å². The summed E-state index contributed by atoms with van der Waals surface area (Å²) in [7, 11) is 0. The Morgan fingerprint density at radius 3 is 2.50 bits per heavy atom. The SMILES string of the molecule is Cc1cn(NC(=O)c2cnc(-c3cccc(C(F)(F)F)c3)nc2)c2ccc(F)cc12. The van der Waals surface area contributed by atoms with Crippen LogP contribution in [0, 0.1) is 12.7 Å². The first-order valence-electron chi connectivity index (χ1n) is 8.80. The number of rotatable bonds is 3. The predicted octanol–water partition coefficient (Wildman–Crippen LogP) is 4.95. The summed E-state index contributed by atoms with van der Waals surface area (Å²) in [4.78, 5) is 20.6. The van der Waals surface area contributed by atoms with Crippen LogP contribution in [-0.4, -0.2) is 20.6 Å². The molecule has 0 aliphatic carbocycles. The molecule has 2 heterocycles. The van der Waals surface area contributed by atoms with Gasteiger partial charge < -0.3 is 0 Å². The summed E-state index contributed by atoms with van der Waals surface area (Å²) in [5, 5.41) is 0.659. The molecule has 2 aromatic heterocycles. The van der Waals surface area contributed by atoms with Crippen LogP contribution < -0.4 is 5.43 Å². The smallest absolute Gasteiger partial charge is 0.267 e. The first kappa shape index (κ1) is 19.6. The number of carbonyl (C=O) groups is 1. The van der Waals surface area contributed by atoms with E-state index < -0.39 is 17.6 Å². The van der Waals surface area contributed by atoms with Gasteiger partial charge in [0.05, 0.1) is 16.6 Å². The molecule has 4 aromatic rings. The van der Waals surface area contributed by atoms with Gasteiger partial charge >= 0.3 is 6.18 Å². The van der Waals surface area contributed by atoms with E-state index in [0.717, 1.165) is 17.7 Å². The number of amides is 1. The largest absolute Gasteiger partial charge is 0.416 e. The number of fused-ring (bicyclic) bond motifs is 1. The minimum atomic E-state index is -4.48. The lowest BCUT2D eigenvalue weighted by Crippen LogP contribution is -2.22. The predicted molar refractivity (Wildman–Crippen MR) is 103 cm³/mol. The van der Waals surface area contributed by atoms with Crippen molar-refractivity contribution in [2.45, 2.75) is 13.1 Å². The van der Waals surface area contributed by atoms with Crippen molar-refractivity contribution in [2.75, 3.05) is 5.43 Å². The van der Waals surface area contributed by atoms with Gasteiger partial charge in [-0.15, -0.1) is 0 Å². The lowest BCUT2D eigenvalue weighted by molar-refractivity contribution is -0.137. The van der Waals surface area contributed by atoms with Gasteiger partial charge in [-0.05, 0) is 42.8 Å². The minimum absolute atomic E-state index is 0.0652. The Labute approximate surface area is 168 Å². The minimum Gasteiger partial charge on any atom is -0.267 e. The molecule has 0 fully saturated rings. The van der Waals surface area contributed by atoms with E-state index in [-0.39, 0.29) is 22.8 Å². The van der Waals surface area contributed by atoms with Crippen molar-refractivity contribution in [3.63, 3.8) is 0 Å². The first-order chi connectivity index (χ1) is 14.2. The van der Waals surface area contributed by atoms with Gasteiger partial charge in [0.1, 0.15) is 5.82 Å². The Morgan fingerprint density at radius 2 is 1.80 bits per heavy atom. The highest BCUT2D eigenvalue weighted by Gasteiger charge is 2.30. The van der Waals surface area contributed by atoms with Gasteiger partial charge in [-0.1, -0.05) is 12.1 Å². The van der Waals surface area contributed by atoms with Crippen molar-refractivity contribution in [1.29, 1.82) is 0 Å². The number of aromatic nitrogens is 3. The number of aryl methyl sites for hydroxylation is 1. The standard InChI is InChI=1S/C21H14F4N4O/c1-12-11-29(18-6-5-16(22)8-17(12)18)28-20(30)14-9-26-19(27-10-14)13-3-2-4-15(7-13)21(23,24)25/h2-11H,1H3,(H,28,30). The molecular weight excluding hydrogens is 400 g/mol. The molecule has 0 unspecified atom stereocenters. The fraction of sp³-hybridized carbons (Fsp3) is 0.0952. The molecule has 152 valence electrons. The van der Waals surface area contributed by atoms with Crippen LogP contribution in [-0.2, 0) is 6.18 Å². The molecule has 0 atom stereocenters. The zero-order valence-corrected chi connectivity index (χ0v) is 15.5. The normalized spacial score (nSPS) is 11.6. The Hall–Kier alpha value is -3.75. The van der Waals surface area contributed by atoms with Crippen LogP contribution in [0.15, 0.2) is 61.1 Å². The summed E-state index contributed by atoms with van der Waals surface area (Å²) in [5.41, 5.74) is 3.54. The maximum atomic E-state index is 13.4. The summed E-state index contributed by atoms with van der Waals surface area (Å²) in [5.74, 6) is -0.838. The molecule has 0 saturated heterocycles. The molecule has 0 aliphatic heterocycles. The van der Waals surface area contributed by atoms with E-state index in [1.165, 1.54) is 41.3 Å². The summed E-state index contributed by atoms with van der Waals surface area (Å²) in [6.07, 6.45) is -0.359. The summed E-state index contributed by atoms with van der Waals surface area (Å²) >= 11 is 0. The van der Waals surface area contributed by atoms with Crippen LogP contribution >= 0.6 is 0 Å². The van der Waals surface area contributed by atoms with Crippen LogP contribution in [0.3, 0.4) is 0 Å². The van der Waals surface area contributed by atoms with Crippen LogP contribution in [0.5, 0.6) is 0 Å². The van der Waals surface area contributed by atoms with Crippen LogP contribution in [0.1, 0.15) is 21.5 Å². The fourth-order valence-electron chi connectivity index (χ4n) is 3.06. The maximum absolute atomic E-state index is 13.4. The third kappa shape index (κ3) is 3.73. The summed E-state index contributed by atoms with van der Waals surface area (Å²) in [6, 6.07) is 8.84. The van der Waals surface area contributed by atoms with Gasteiger partial charge in [0.25, 0.3) is 5.91 Å². The second-order valence-corrected chi connectivity index (χ2v) is 6.66. The molecule has 30 heavy (non-hydrogen) atoms. The molecule has 0 bridgehead atoms. The monoisotopic (exact) mass is 414 g/mol. The molecule has 9 heteroatoms. The number of carbonyl (C=O) groups excluding carboxylic acids is 1. The topological polar surface area (TPSA) is 59.8 Å². The Morgan fingerprint density at radius 1 is 1.07 bits per heavy atom. The Balaban J connectivity index is 1.57. The molecule has 0 aliphatic rings. The average Bonchev–Trinajstić information content (AvgIpc) is 3.02. The number of halogens is 4. The van der Waals surface area contributed by atoms with Crippen molar-refractivity contribution < 1.29 is 22.4 Å². The van der Waals surface area contributed by atoms with Crippen LogP contribution in [0.4, 0.5) is 17.6 Å². The second kappa shape index (κ2) is 7.25. The molecule has 2 aromatic carbocycles. The maximum Gasteiger partial charge on any atom is 0.416 e. The molecular formula is C21H14F4N4O. The van der Waals surface area contributed by atoms with Gasteiger partial charge in [0.2, 0.25) is 0 Å². The summed E-state index contributed by atoms with van der Waals surface area (Å²) in [6.45, 7) is 1.79. The van der Waals surface area contributed by atoms with Crippen molar-refractivity contribution in [3.05, 3.63) is 83.6 Å². The van der Waals surface area contributed by atoms with E-state index in [1.54, 1.807) is 19.2 Å². The van der Waals surface area contributed by atoms with Crippen molar-refractivity contribution >= 4 is 16.8 Å². The van der Waals surface area contributed by atoms with E-state index in [2.05, 4.69) is 15.4 Å². The van der Waals surface area contributed by atoms with Crippen LogP contribution in [0.2, 0.25) is 0 Å². The highest BCUT2D eigenvalue weighted by atomic mass is 19.4. The number of benzene rings is 2. The number of alkyl halides is 3. The first-order valence-corrected chi connectivity index (χ1v) is 8.80. The van der Waals surface area contributed by atoms with Gasteiger partial charge in [0.15, 0.2) is 5.82 Å². The molecule has 0 saturated carbocycles. The summed E-state index contributed by atoms with van der Waals surface area (Å²) < 4.78 is 53.5. The molecule has 0 spiro atoms. The highest BCUT2D eigenvalue weighted by molar-refractivity contribution is 6.00. The lowest BCUT2D eigenvalue weighted by atomic mass is 10.1. The van der Waals surface area contributed by atoms with E-state index >= 15 is 0 Å². The van der Waals surface area contributed by atoms with Crippen molar-refractivity contribution in [3.8, 4) is 11.4 Å².